The van der Waals surface area contributed by atoms with E-state index in [1.54, 1.807) is 42.5 Å². The van der Waals surface area contributed by atoms with Crippen molar-refractivity contribution in [3.05, 3.63) is 76.5 Å². The van der Waals surface area contributed by atoms with E-state index in [0.29, 0.717) is 21.7 Å². The van der Waals surface area contributed by atoms with Crippen molar-refractivity contribution in [2.45, 2.75) is 4.90 Å². The van der Waals surface area contributed by atoms with Crippen LogP contribution in [0.15, 0.2) is 70.0 Å². The summed E-state index contributed by atoms with van der Waals surface area (Å²) in [6, 6.07) is 16.6. The number of halogens is 2. The van der Waals surface area contributed by atoms with Crippen LogP contribution < -0.4 is 20.1 Å². The van der Waals surface area contributed by atoms with Gasteiger partial charge in [-0.1, -0.05) is 28.1 Å². The molecule has 0 fully saturated rings. The summed E-state index contributed by atoms with van der Waals surface area (Å²) in [5, 5.41) is 5.37. The summed E-state index contributed by atoms with van der Waals surface area (Å²) in [7, 11) is 2.96. The summed E-state index contributed by atoms with van der Waals surface area (Å²) >= 11 is 4.44. The molecule has 0 aliphatic heterocycles. The Kier molecular flexibility index (Phi) is 8.13. The number of carbonyl (C=O) groups excluding carboxylic acids is 2. The highest BCUT2D eigenvalue weighted by Gasteiger charge is 2.18. The number of benzene rings is 3. The van der Waals surface area contributed by atoms with Gasteiger partial charge in [-0.3, -0.25) is 9.59 Å². The second-order valence-corrected chi connectivity index (χ2v) is 8.44. The van der Waals surface area contributed by atoms with E-state index in [1.165, 1.54) is 38.1 Å². The third-order valence-electron chi connectivity index (χ3n) is 4.32. The molecule has 0 aliphatic carbocycles. The monoisotopic (exact) mass is 518 g/mol. The predicted octanol–water partition coefficient (Wildman–Crippen LogP) is 5.59. The molecule has 0 unspecified atom stereocenters. The zero-order chi connectivity index (χ0) is 23.1. The number of hydrogen-bond acceptors (Lipinski definition) is 5. The number of nitrogens with one attached hydrogen (secondary N) is 2. The highest BCUT2D eigenvalue weighted by molar-refractivity contribution is 9.10. The Labute approximate surface area is 197 Å². The minimum atomic E-state index is -0.519. The molecule has 2 N–H and O–H groups in total. The molecule has 6 nitrogen and oxygen atoms in total. The number of ether oxygens (including phenoxy) is 2. The Morgan fingerprint density at radius 2 is 1.66 bits per heavy atom. The van der Waals surface area contributed by atoms with Crippen LogP contribution in [0.3, 0.4) is 0 Å². The van der Waals surface area contributed by atoms with E-state index in [9.17, 15) is 14.0 Å². The summed E-state index contributed by atoms with van der Waals surface area (Å²) in [4.78, 5) is 25.8. The number of thioether (sulfide) groups is 1. The lowest BCUT2D eigenvalue weighted by Crippen LogP contribution is -2.15. The van der Waals surface area contributed by atoms with Gasteiger partial charge in [-0.25, -0.2) is 4.39 Å². The van der Waals surface area contributed by atoms with Crippen LogP contribution in [0.4, 0.5) is 15.8 Å². The number of carbonyl (C=O) groups is 2. The highest BCUT2D eigenvalue weighted by Crippen LogP contribution is 2.30. The largest absolute Gasteiger partial charge is 0.496 e. The van der Waals surface area contributed by atoms with Crippen LogP contribution in [-0.2, 0) is 4.79 Å². The van der Waals surface area contributed by atoms with Gasteiger partial charge >= 0.3 is 0 Å². The lowest BCUT2D eigenvalue weighted by molar-refractivity contribution is -0.113. The van der Waals surface area contributed by atoms with Crippen LogP contribution in [0, 0.1) is 5.82 Å². The Balaban J connectivity index is 1.64. The van der Waals surface area contributed by atoms with Crippen molar-refractivity contribution in [3.63, 3.8) is 0 Å². The van der Waals surface area contributed by atoms with E-state index in [4.69, 9.17) is 9.47 Å². The average molecular weight is 519 g/mol. The normalized spacial score (nSPS) is 10.4. The first kappa shape index (κ1) is 23.6. The molecule has 0 saturated heterocycles. The first-order valence-corrected chi connectivity index (χ1v) is 11.2. The van der Waals surface area contributed by atoms with Gasteiger partial charge in [0, 0.05) is 15.1 Å². The van der Waals surface area contributed by atoms with Crippen LogP contribution in [0.1, 0.15) is 10.4 Å². The fraction of sp³-hybridized carbons (Fsp3) is 0.130. The van der Waals surface area contributed by atoms with Crippen LogP contribution in [0.25, 0.3) is 0 Å². The molecule has 0 saturated carbocycles. The molecule has 0 aromatic heterocycles. The van der Waals surface area contributed by atoms with Crippen LogP contribution >= 0.6 is 27.7 Å². The topological polar surface area (TPSA) is 76.7 Å². The van der Waals surface area contributed by atoms with Gasteiger partial charge in [-0.15, -0.1) is 11.8 Å². The molecule has 3 rings (SSSR count). The average Bonchev–Trinajstić information content (AvgIpc) is 2.79. The minimum Gasteiger partial charge on any atom is -0.496 e. The van der Waals surface area contributed by atoms with Crippen molar-refractivity contribution >= 4 is 50.9 Å². The van der Waals surface area contributed by atoms with Crippen molar-refractivity contribution in [1.82, 2.24) is 0 Å². The predicted molar refractivity (Wildman–Crippen MR) is 127 cm³/mol. The molecule has 0 radical (unpaired) electrons. The van der Waals surface area contributed by atoms with E-state index >= 15 is 0 Å². The Bertz CT molecular complexity index is 1120. The van der Waals surface area contributed by atoms with Gasteiger partial charge in [-0.05, 0) is 48.5 Å². The third-order valence-corrected chi connectivity index (χ3v) is 5.81. The van der Waals surface area contributed by atoms with E-state index in [-0.39, 0.29) is 28.8 Å². The lowest BCUT2D eigenvalue weighted by atomic mass is 10.1. The van der Waals surface area contributed by atoms with Gasteiger partial charge in [0.15, 0.2) is 0 Å². The molecule has 0 aliphatic rings. The second kappa shape index (κ2) is 11.0. The van der Waals surface area contributed by atoms with Crippen molar-refractivity contribution in [2.24, 2.45) is 0 Å². The second-order valence-electron chi connectivity index (χ2n) is 6.48. The molecule has 0 atom stereocenters. The number of rotatable bonds is 8. The van der Waals surface area contributed by atoms with Crippen molar-refractivity contribution in [1.29, 1.82) is 0 Å². The van der Waals surface area contributed by atoms with Crippen molar-refractivity contribution < 1.29 is 23.5 Å². The fourth-order valence-electron chi connectivity index (χ4n) is 2.86. The van der Waals surface area contributed by atoms with Crippen LogP contribution in [0.5, 0.6) is 11.5 Å². The van der Waals surface area contributed by atoms with Gasteiger partial charge in [0.1, 0.15) is 22.9 Å². The van der Waals surface area contributed by atoms with Gasteiger partial charge in [0.25, 0.3) is 5.91 Å². The Morgan fingerprint density at radius 1 is 0.969 bits per heavy atom. The first-order chi connectivity index (χ1) is 15.4. The molecule has 9 heteroatoms. The van der Waals surface area contributed by atoms with Gasteiger partial charge in [0.05, 0.1) is 25.7 Å². The van der Waals surface area contributed by atoms with Crippen LogP contribution in [0.2, 0.25) is 0 Å². The minimum absolute atomic E-state index is 0.0766. The van der Waals surface area contributed by atoms with Gasteiger partial charge in [-0.2, -0.15) is 0 Å². The maximum atomic E-state index is 13.9. The molecular weight excluding hydrogens is 499 g/mol. The maximum absolute atomic E-state index is 13.9. The number of anilines is 2. The summed E-state index contributed by atoms with van der Waals surface area (Å²) < 4.78 is 25.0. The third kappa shape index (κ3) is 6.02. The molecule has 0 spiro atoms. The summed E-state index contributed by atoms with van der Waals surface area (Å²) in [5.41, 5.74) is 0.948. The zero-order valence-corrected chi connectivity index (χ0v) is 19.7. The molecular formula is C23H20BrFN2O4S. The van der Waals surface area contributed by atoms with Crippen molar-refractivity contribution in [3.8, 4) is 11.5 Å². The maximum Gasteiger partial charge on any atom is 0.263 e. The Morgan fingerprint density at radius 3 is 2.31 bits per heavy atom. The van der Waals surface area contributed by atoms with E-state index in [0.717, 1.165) is 4.90 Å². The fourth-order valence-corrected chi connectivity index (χ4v) is 3.95. The van der Waals surface area contributed by atoms with E-state index < -0.39 is 5.82 Å². The van der Waals surface area contributed by atoms with Gasteiger partial charge in [0.2, 0.25) is 5.91 Å². The SMILES string of the molecule is COc1cccc(OC)c1C(=O)Nc1cccc(SCC(=O)Nc2ccc(Br)cc2F)c1. The number of hydrogen-bond donors (Lipinski definition) is 2. The van der Waals surface area contributed by atoms with E-state index in [1.807, 2.05) is 6.07 Å². The van der Waals surface area contributed by atoms with Crippen LogP contribution in [-0.4, -0.2) is 31.8 Å². The molecule has 0 bridgehead atoms. The first-order valence-electron chi connectivity index (χ1n) is 9.41. The molecule has 0 heterocycles. The summed E-state index contributed by atoms with van der Waals surface area (Å²) in [5.74, 6) is -0.385. The van der Waals surface area contributed by atoms with Crippen molar-refractivity contribution in [2.75, 3.05) is 30.6 Å². The highest BCUT2D eigenvalue weighted by atomic mass is 79.9. The number of methoxy groups -OCH3 is 2. The summed E-state index contributed by atoms with van der Waals surface area (Å²) in [6.45, 7) is 0. The molecule has 166 valence electrons. The van der Waals surface area contributed by atoms with Gasteiger partial charge < -0.3 is 20.1 Å². The zero-order valence-electron chi connectivity index (χ0n) is 17.3. The standard InChI is InChI=1S/C23H20BrFN2O4S/c1-30-19-7-4-8-20(31-2)22(19)23(29)26-15-5-3-6-16(12-15)32-13-21(28)27-18-10-9-14(24)11-17(18)25/h3-12H,13H2,1-2H3,(H,26,29)(H,27,28). The smallest absolute Gasteiger partial charge is 0.263 e. The number of amides is 2. The Hall–Kier alpha value is -3.04. The summed E-state index contributed by atoms with van der Waals surface area (Å²) in [6.07, 6.45) is 0. The molecule has 32 heavy (non-hydrogen) atoms. The molecule has 3 aromatic rings. The molecule has 3 aromatic carbocycles. The quantitative estimate of drug-likeness (QED) is 0.380. The lowest BCUT2D eigenvalue weighted by Gasteiger charge is -2.13. The van der Waals surface area contributed by atoms with E-state index in [2.05, 4.69) is 26.6 Å². The molecule has 2 amide bonds.